The zero-order chi connectivity index (χ0) is 11.2. The Hall–Kier alpha value is -0.160. The first-order chi connectivity index (χ1) is 7.90. The van der Waals surface area contributed by atoms with Crippen LogP contribution in [0.5, 0.6) is 0 Å². The van der Waals surface area contributed by atoms with Gasteiger partial charge in [0.25, 0.3) is 0 Å². The topological polar surface area (TPSA) is 42.5 Å². The predicted molar refractivity (Wildman–Crippen MR) is 63.6 cm³/mol. The van der Waals surface area contributed by atoms with Crippen LogP contribution in [0.2, 0.25) is 0 Å². The second kappa shape index (κ2) is 6.55. The van der Waals surface area contributed by atoms with Crippen LogP contribution in [0.15, 0.2) is 0 Å². The van der Waals surface area contributed by atoms with Crippen molar-refractivity contribution in [2.24, 2.45) is 5.92 Å². The summed E-state index contributed by atoms with van der Waals surface area (Å²) in [6, 6.07) is 0.523. The Labute approximate surface area is 98.1 Å². The van der Waals surface area contributed by atoms with Crippen molar-refractivity contribution in [2.75, 3.05) is 40.0 Å². The van der Waals surface area contributed by atoms with Crippen LogP contribution >= 0.6 is 0 Å². The summed E-state index contributed by atoms with van der Waals surface area (Å²) >= 11 is 0. The Kier molecular flexibility index (Phi) is 5.03. The van der Waals surface area contributed by atoms with E-state index in [0.29, 0.717) is 18.1 Å². The maximum atomic E-state index is 5.59. The first-order valence-corrected chi connectivity index (χ1v) is 6.47. The molecule has 16 heavy (non-hydrogen) atoms. The second-order valence-corrected chi connectivity index (χ2v) is 4.82. The van der Waals surface area contributed by atoms with Crippen molar-refractivity contribution in [2.45, 2.75) is 31.4 Å². The number of rotatable bonds is 6. The van der Waals surface area contributed by atoms with Gasteiger partial charge in [0.05, 0.1) is 19.3 Å². The van der Waals surface area contributed by atoms with Crippen LogP contribution < -0.4 is 10.6 Å². The monoisotopic (exact) mass is 228 g/mol. The average Bonchev–Trinajstić information content (AvgIpc) is 2.95. The summed E-state index contributed by atoms with van der Waals surface area (Å²) in [5.41, 5.74) is 0. The summed E-state index contributed by atoms with van der Waals surface area (Å²) < 4.78 is 11.1. The molecule has 0 aromatic heterocycles. The Morgan fingerprint density at radius 1 is 1.31 bits per heavy atom. The number of hydrogen-bond donors (Lipinski definition) is 2. The quantitative estimate of drug-likeness (QED) is 0.645. The van der Waals surface area contributed by atoms with Gasteiger partial charge in [-0.3, -0.25) is 0 Å². The summed E-state index contributed by atoms with van der Waals surface area (Å²) in [5.74, 6) is 0.620. The van der Waals surface area contributed by atoms with Gasteiger partial charge in [-0.15, -0.1) is 0 Å². The molecule has 3 unspecified atom stereocenters. The van der Waals surface area contributed by atoms with E-state index >= 15 is 0 Å². The molecule has 0 radical (unpaired) electrons. The van der Waals surface area contributed by atoms with E-state index in [1.165, 1.54) is 12.8 Å². The van der Waals surface area contributed by atoms with Crippen LogP contribution in [0.3, 0.4) is 0 Å². The fourth-order valence-electron chi connectivity index (χ4n) is 2.54. The lowest BCUT2D eigenvalue weighted by Gasteiger charge is -2.17. The van der Waals surface area contributed by atoms with Crippen LogP contribution in [-0.2, 0) is 9.47 Å². The van der Waals surface area contributed by atoms with Gasteiger partial charge in [-0.1, -0.05) is 0 Å². The minimum atomic E-state index is 0.507. The Morgan fingerprint density at radius 2 is 2.25 bits per heavy atom. The van der Waals surface area contributed by atoms with Crippen LogP contribution in [-0.4, -0.2) is 52.1 Å². The normalized spacial score (nSPS) is 34.7. The van der Waals surface area contributed by atoms with E-state index in [1.54, 1.807) is 0 Å². The van der Waals surface area contributed by atoms with Crippen molar-refractivity contribution < 1.29 is 9.47 Å². The molecule has 2 aliphatic heterocycles. The van der Waals surface area contributed by atoms with E-state index in [1.807, 2.05) is 7.05 Å². The third kappa shape index (κ3) is 3.42. The Balaban J connectivity index is 1.53. The molecule has 4 heteroatoms. The molecule has 2 fully saturated rings. The molecular weight excluding hydrogens is 204 g/mol. The maximum Gasteiger partial charge on any atom is 0.0623 e. The first-order valence-electron chi connectivity index (χ1n) is 6.47. The molecule has 0 bridgehead atoms. The molecule has 0 aliphatic carbocycles. The smallest absolute Gasteiger partial charge is 0.0623 e. The SMILES string of the molecule is CNC1COCC1CNCCC1CCCO1. The molecular formula is C12H24N2O2. The van der Waals surface area contributed by atoms with Crippen molar-refractivity contribution in [3.05, 3.63) is 0 Å². The molecule has 3 atom stereocenters. The lowest BCUT2D eigenvalue weighted by Crippen LogP contribution is -2.38. The van der Waals surface area contributed by atoms with E-state index < -0.39 is 0 Å². The fourth-order valence-corrected chi connectivity index (χ4v) is 2.54. The molecule has 94 valence electrons. The first kappa shape index (κ1) is 12.3. The van der Waals surface area contributed by atoms with Gasteiger partial charge in [0.1, 0.15) is 0 Å². The summed E-state index contributed by atoms with van der Waals surface area (Å²) in [7, 11) is 2.01. The molecule has 4 nitrogen and oxygen atoms in total. The van der Waals surface area contributed by atoms with Crippen LogP contribution in [0.1, 0.15) is 19.3 Å². The highest BCUT2D eigenvalue weighted by Crippen LogP contribution is 2.15. The summed E-state index contributed by atoms with van der Waals surface area (Å²) in [5, 5.41) is 6.82. The highest BCUT2D eigenvalue weighted by Gasteiger charge is 2.26. The zero-order valence-corrected chi connectivity index (χ0v) is 10.2. The van der Waals surface area contributed by atoms with Gasteiger partial charge in [-0.2, -0.15) is 0 Å². The predicted octanol–water partition coefficient (Wildman–Crippen LogP) is 0.379. The number of ether oxygens (including phenoxy) is 2. The summed E-state index contributed by atoms with van der Waals surface area (Å²) in [4.78, 5) is 0. The van der Waals surface area contributed by atoms with Crippen LogP contribution in [0.4, 0.5) is 0 Å². The van der Waals surface area contributed by atoms with Crippen LogP contribution in [0.25, 0.3) is 0 Å². The van der Waals surface area contributed by atoms with Crippen molar-refractivity contribution in [1.82, 2.24) is 10.6 Å². The largest absolute Gasteiger partial charge is 0.379 e. The third-order valence-corrected chi connectivity index (χ3v) is 3.64. The van der Waals surface area contributed by atoms with Gasteiger partial charge in [-0.25, -0.2) is 0 Å². The number of likely N-dealkylation sites (N-methyl/N-ethyl adjacent to an activating group) is 1. The average molecular weight is 228 g/mol. The van der Waals surface area contributed by atoms with Gasteiger partial charge in [0, 0.05) is 25.1 Å². The van der Waals surface area contributed by atoms with Crippen molar-refractivity contribution in [3.8, 4) is 0 Å². The van der Waals surface area contributed by atoms with Crippen molar-refractivity contribution in [1.29, 1.82) is 0 Å². The Morgan fingerprint density at radius 3 is 3.00 bits per heavy atom. The number of nitrogens with one attached hydrogen (secondary N) is 2. The minimum Gasteiger partial charge on any atom is -0.379 e. The summed E-state index contributed by atoms with van der Waals surface area (Å²) in [6.07, 6.45) is 4.14. The molecule has 0 aromatic rings. The lowest BCUT2D eigenvalue weighted by atomic mass is 10.0. The van der Waals surface area contributed by atoms with E-state index in [2.05, 4.69) is 10.6 Å². The maximum absolute atomic E-state index is 5.59. The molecule has 2 saturated heterocycles. The molecule has 0 spiro atoms. The molecule has 0 amide bonds. The standard InChI is InChI=1S/C12H24N2O2/c1-13-12-9-15-8-10(12)7-14-5-4-11-3-2-6-16-11/h10-14H,2-9H2,1H3. The number of hydrogen-bond acceptors (Lipinski definition) is 4. The highest BCUT2D eigenvalue weighted by atomic mass is 16.5. The van der Waals surface area contributed by atoms with E-state index in [0.717, 1.165) is 39.3 Å². The van der Waals surface area contributed by atoms with Gasteiger partial charge >= 0.3 is 0 Å². The summed E-state index contributed by atoms with van der Waals surface area (Å²) in [6.45, 7) is 4.83. The second-order valence-electron chi connectivity index (χ2n) is 4.82. The van der Waals surface area contributed by atoms with E-state index in [-0.39, 0.29) is 0 Å². The van der Waals surface area contributed by atoms with Crippen LogP contribution in [0, 0.1) is 5.92 Å². The van der Waals surface area contributed by atoms with Gasteiger partial charge in [-0.05, 0) is 32.9 Å². The molecule has 0 saturated carbocycles. The van der Waals surface area contributed by atoms with E-state index in [4.69, 9.17) is 9.47 Å². The minimum absolute atomic E-state index is 0.507. The fraction of sp³-hybridized carbons (Fsp3) is 1.00. The molecule has 2 heterocycles. The van der Waals surface area contributed by atoms with E-state index in [9.17, 15) is 0 Å². The molecule has 2 N–H and O–H groups in total. The lowest BCUT2D eigenvalue weighted by molar-refractivity contribution is 0.104. The van der Waals surface area contributed by atoms with Crippen molar-refractivity contribution >= 4 is 0 Å². The zero-order valence-electron chi connectivity index (χ0n) is 10.2. The highest BCUT2D eigenvalue weighted by molar-refractivity contribution is 4.81. The Bertz CT molecular complexity index is 195. The molecule has 2 aliphatic rings. The molecule has 0 aromatic carbocycles. The van der Waals surface area contributed by atoms with Gasteiger partial charge < -0.3 is 20.1 Å². The van der Waals surface area contributed by atoms with Gasteiger partial charge in [0.2, 0.25) is 0 Å². The van der Waals surface area contributed by atoms with Gasteiger partial charge in [0.15, 0.2) is 0 Å². The molecule has 2 rings (SSSR count). The third-order valence-electron chi connectivity index (χ3n) is 3.64. The van der Waals surface area contributed by atoms with Crippen molar-refractivity contribution in [3.63, 3.8) is 0 Å².